The summed E-state index contributed by atoms with van der Waals surface area (Å²) in [6.45, 7) is 0.692. The Hall–Kier alpha value is -2.82. The number of aromatic nitrogens is 1. The first kappa shape index (κ1) is 12.7. The van der Waals surface area contributed by atoms with Crippen molar-refractivity contribution in [2.24, 2.45) is 0 Å². The van der Waals surface area contributed by atoms with E-state index in [4.69, 9.17) is 4.74 Å². The molecule has 23 heavy (non-hydrogen) atoms. The van der Waals surface area contributed by atoms with Crippen molar-refractivity contribution in [3.05, 3.63) is 68.6 Å². The second-order valence-electron chi connectivity index (χ2n) is 6.20. The van der Waals surface area contributed by atoms with Crippen LogP contribution >= 0.6 is 0 Å². The van der Waals surface area contributed by atoms with Gasteiger partial charge in [0.05, 0.1) is 23.4 Å². The van der Waals surface area contributed by atoms with E-state index in [1.165, 1.54) is 11.1 Å². The van der Waals surface area contributed by atoms with Gasteiger partial charge in [0.2, 0.25) is 0 Å². The number of allylic oxidation sites excluding steroid dienone is 1. The van der Waals surface area contributed by atoms with E-state index in [9.17, 15) is 9.59 Å². The van der Waals surface area contributed by atoms with Crippen LogP contribution in [-0.4, -0.2) is 10.5 Å². The maximum absolute atomic E-state index is 12.7. The molecule has 3 aliphatic rings. The van der Waals surface area contributed by atoms with Gasteiger partial charge in [-0.05, 0) is 35.3 Å². The standard InChI is InChI=1S/C18H14N2O3/c21-16-7-11-6-15-17-12(5-10-3-1-2-4-14(10)19-17)8-20(15)18(22)13(11)9-23-16/h1-4,6,19H,5,7-9H2. The zero-order chi connectivity index (χ0) is 15.6. The van der Waals surface area contributed by atoms with Crippen molar-refractivity contribution in [3.63, 3.8) is 0 Å². The third-order valence-corrected chi connectivity index (χ3v) is 4.84. The number of fused-ring (bicyclic) bond motifs is 4. The van der Waals surface area contributed by atoms with Gasteiger partial charge >= 0.3 is 5.97 Å². The second-order valence-corrected chi connectivity index (χ2v) is 6.20. The lowest BCUT2D eigenvalue weighted by molar-refractivity contribution is -0.145. The van der Waals surface area contributed by atoms with Gasteiger partial charge in [-0.3, -0.25) is 9.59 Å². The van der Waals surface area contributed by atoms with E-state index >= 15 is 0 Å². The van der Waals surface area contributed by atoms with Crippen molar-refractivity contribution >= 4 is 17.4 Å². The smallest absolute Gasteiger partial charge is 0.310 e. The molecule has 5 rings (SSSR count). The van der Waals surface area contributed by atoms with Crippen LogP contribution < -0.4 is 10.9 Å². The fraction of sp³-hybridized carbons (Fsp3) is 0.222. The summed E-state index contributed by atoms with van der Waals surface area (Å²) in [4.78, 5) is 24.3. The molecule has 0 saturated heterocycles. The molecule has 1 aromatic heterocycles. The Bertz CT molecular complexity index is 969. The van der Waals surface area contributed by atoms with Crippen LogP contribution in [0.25, 0.3) is 5.70 Å². The molecule has 3 aliphatic heterocycles. The maximum Gasteiger partial charge on any atom is 0.310 e. The highest BCUT2D eigenvalue weighted by Crippen LogP contribution is 2.37. The summed E-state index contributed by atoms with van der Waals surface area (Å²) in [5.74, 6) is -0.268. The molecule has 114 valence electrons. The predicted molar refractivity (Wildman–Crippen MR) is 84.9 cm³/mol. The third kappa shape index (κ3) is 1.73. The minimum Gasteiger partial charge on any atom is -0.460 e. The first-order chi connectivity index (χ1) is 11.2. The minimum absolute atomic E-state index is 0.0368. The van der Waals surface area contributed by atoms with E-state index in [0.717, 1.165) is 29.1 Å². The quantitative estimate of drug-likeness (QED) is 0.755. The molecule has 0 unspecified atom stereocenters. The van der Waals surface area contributed by atoms with Crippen LogP contribution in [0.5, 0.6) is 0 Å². The number of para-hydroxylation sites is 1. The molecule has 0 aliphatic carbocycles. The van der Waals surface area contributed by atoms with Crippen molar-refractivity contribution in [3.8, 4) is 0 Å². The lowest BCUT2D eigenvalue weighted by Gasteiger charge is -2.21. The van der Waals surface area contributed by atoms with Crippen molar-refractivity contribution in [2.75, 3.05) is 5.32 Å². The molecule has 0 atom stereocenters. The average Bonchev–Trinajstić information content (AvgIpc) is 2.91. The van der Waals surface area contributed by atoms with Crippen LogP contribution in [0.1, 0.15) is 22.4 Å². The molecule has 1 aromatic carbocycles. The SMILES string of the molecule is O=C1Cc2cc3n(c(=O)c2CO1)CC1=C3Nc2ccccc2C1. The molecule has 4 heterocycles. The van der Waals surface area contributed by atoms with E-state index in [2.05, 4.69) is 17.4 Å². The number of carbonyl (C=O) groups excluding carboxylic acids is 1. The number of nitrogens with one attached hydrogen (secondary N) is 1. The lowest BCUT2D eigenvalue weighted by atomic mass is 9.97. The van der Waals surface area contributed by atoms with Gasteiger partial charge in [0.15, 0.2) is 0 Å². The summed E-state index contributed by atoms with van der Waals surface area (Å²) >= 11 is 0. The number of hydrogen-bond acceptors (Lipinski definition) is 4. The molecule has 5 heteroatoms. The van der Waals surface area contributed by atoms with Gasteiger partial charge in [-0.25, -0.2) is 0 Å². The molecule has 2 aromatic rings. The number of cyclic esters (lactones) is 1. The highest BCUT2D eigenvalue weighted by molar-refractivity contribution is 5.85. The number of benzene rings is 1. The van der Waals surface area contributed by atoms with Crippen LogP contribution in [0.15, 0.2) is 40.7 Å². The van der Waals surface area contributed by atoms with Gasteiger partial charge < -0.3 is 14.6 Å². The first-order valence-electron chi connectivity index (χ1n) is 7.69. The summed E-state index contributed by atoms with van der Waals surface area (Å²) in [6, 6.07) is 10.2. The number of anilines is 1. The van der Waals surface area contributed by atoms with Crippen LogP contribution in [0, 0.1) is 0 Å². The molecular weight excluding hydrogens is 292 g/mol. The van der Waals surface area contributed by atoms with E-state index in [0.29, 0.717) is 12.1 Å². The van der Waals surface area contributed by atoms with Crippen LogP contribution in [-0.2, 0) is 35.5 Å². The molecule has 0 fully saturated rings. The molecule has 0 amide bonds. The number of pyridine rings is 1. The third-order valence-electron chi connectivity index (χ3n) is 4.84. The fourth-order valence-electron chi connectivity index (χ4n) is 3.68. The van der Waals surface area contributed by atoms with Crippen molar-refractivity contribution in [1.82, 2.24) is 4.57 Å². The lowest BCUT2D eigenvalue weighted by Crippen LogP contribution is -2.30. The highest BCUT2D eigenvalue weighted by Gasteiger charge is 2.30. The highest BCUT2D eigenvalue weighted by atomic mass is 16.5. The Morgan fingerprint density at radius 1 is 1.09 bits per heavy atom. The number of nitrogens with zero attached hydrogens (tertiary/aromatic N) is 1. The van der Waals surface area contributed by atoms with Crippen LogP contribution in [0.3, 0.4) is 0 Å². The number of ether oxygens (including phenoxy) is 1. The maximum atomic E-state index is 12.7. The Morgan fingerprint density at radius 2 is 1.96 bits per heavy atom. The molecule has 0 spiro atoms. The zero-order valence-electron chi connectivity index (χ0n) is 12.4. The van der Waals surface area contributed by atoms with Crippen LogP contribution in [0.4, 0.5) is 5.69 Å². The summed E-state index contributed by atoms with van der Waals surface area (Å²) in [7, 11) is 0. The average molecular weight is 306 g/mol. The number of carbonyl (C=O) groups is 1. The van der Waals surface area contributed by atoms with Gasteiger partial charge in [0, 0.05) is 12.2 Å². The topological polar surface area (TPSA) is 60.3 Å². The Morgan fingerprint density at radius 3 is 2.87 bits per heavy atom. The summed E-state index contributed by atoms with van der Waals surface area (Å²) in [5.41, 5.74) is 6.83. The normalized spacial score (nSPS) is 17.7. The van der Waals surface area contributed by atoms with Crippen LogP contribution in [0.2, 0.25) is 0 Å². The van der Waals surface area contributed by atoms with Gasteiger partial charge in [-0.15, -0.1) is 0 Å². The van der Waals surface area contributed by atoms with E-state index in [1.807, 2.05) is 18.2 Å². The minimum atomic E-state index is -0.268. The summed E-state index contributed by atoms with van der Waals surface area (Å²) < 4.78 is 6.83. The van der Waals surface area contributed by atoms with Gasteiger partial charge in [0.25, 0.3) is 5.56 Å². The predicted octanol–water partition coefficient (Wildman–Crippen LogP) is 1.84. The molecule has 1 N–H and O–H groups in total. The van der Waals surface area contributed by atoms with E-state index < -0.39 is 0 Å². The van der Waals surface area contributed by atoms with Crippen molar-refractivity contribution in [2.45, 2.75) is 26.0 Å². The monoisotopic (exact) mass is 306 g/mol. The summed E-state index contributed by atoms with van der Waals surface area (Å²) in [6.07, 6.45) is 1.03. The van der Waals surface area contributed by atoms with E-state index in [-0.39, 0.29) is 24.6 Å². The number of rotatable bonds is 0. The van der Waals surface area contributed by atoms with E-state index in [1.54, 1.807) is 4.57 Å². The molecular formula is C18H14N2O3. The molecule has 0 bridgehead atoms. The largest absolute Gasteiger partial charge is 0.460 e. The molecule has 0 radical (unpaired) electrons. The molecule has 0 saturated carbocycles. The van der Waals surface area contributed by atoms with Gasteiger partial charge in [-0.2, -0.15) is 0 Å². The number of esters is 1. The Balaban J connectivity index is 1.66. The first-order valence-corrected chi connectivity index (χ1v) is 7.69. The molecule has 5 nitrogen and oxygen atoms in total. The van der Waals surface area contributed by atoms with Gasteiger partial charge in [-0.1, -0.05) is 18.2 Å². The Labute approximate surface area is 132 Å². The Kier molecular flexibility index (Phi) is 2.40. The number of hydrogen-bond donors (Lipinski definition) is 1. The second kappa shape index (κ2) is 4.35. The fourth-order valence-corrected chi connectivity index (χ4v) is 3.68. The van der Waals surface area contributed by atoms with Crippen molar-refractivity contribution < 1.29 is 9.53 Å². The summed E-state index contributed by atoms with van der Waals surface area (Å²) in [5, 5.41) is 3.46. The van der Waals surface area contributed by atoms with Crippen molar-refractivity contribution in [1.29, 1.82) is 0 Å². The van der Waals surface area contributed by atoms with Gasteiger partial charge in [0.1, 0.15) is 6.61 Å². The zero-order valence-corrected chi connectivity index (χ0v) is 12.4.